The molecule has 2 rings (SSSR count). The molecular formula is C16H28N4O2. The first-order valence-corrected chi connectivity index (χ1v) is 8.07. The lowest BCUT2D eigenvalue weighted by atomic mass is 10.2. The summed E-state index contributed by atoms with van der Waals surface area (Å²) < 4.78 is 10.9. The number of nitrogens with two attached hydrogens (primary N) is 1. The van der Waals surface area contributed by atoms with Gasteiger partial charge in [0.2, 0.25) is 0 Å². The molecule has 2 heterocycles. The van der Waals surface area contributed by atoms with Crippen LogP contribution in [0.3, 0.4) is 0 Å². The van der Waals surface area contributed by atoms with Crippen LogP contribution < -0.4 is 5.73 Å². The van der Waals surface area contributed by atoms with E-state index in [1.54, 1.807) is 0 Å². The zero-order valence-electron chi connectivity index (χ0n) is 14.0. The van der Waals surface area contributed by atoms with E-state index in [1.165, 1.54) is 25.7 Å². The zero-order chi connectivity index (χ0) is 16.0. The van der Waals surface area contributed by atoms with Crippen molar-refractivity contribution in [2.75, 3.05) is 13.1 Å². The van der Waals surface area contributed by atoms with Gasteiger partial charge in [-0.2, -0.15) is 0 Å². The fourth-order valence-corrected chi connectivity index (χ4v) is 2.35. The Morgan fingerprint density at radius 3 is 2.64 bits per heavy atom. The second kappa shape index (κ2) is 7.63. The third-order valence-corrected chi connectivity index (χ3v) is 3.59. The van der Waals surface area contributed by atoms with Gasteiger partial charge in [0.15, 0.2) is 11.7 Å². The molecule has 0 radical (unpaired) electrons. The lowest BCUT2D eigenvalue weighted by Gasteiger charge is -2.20. The van der Waals surface area contributed by atoms with Gasteiger partial charge >= 0.3 is 0 Å². The van der Waals surface area contributed by atoms with Crippen LogP contribution in [0.1, 0.15) is 57.9 Å². The minimum Gasteiger partial charge on any atom is -0.370 e. The van der Waals surface area contributed by atoms with Crippen LogP contribution in [0.5, 0.6) is 0 Å². The van der Waals surface area contributed by atoms with E-state index in [-0.39, 0.29) is 5.60 Å². The van der Waals surface area contributed by atoms with Gasteiger partial charge in [0.1, 0.15) is 12.3 Å². The van der Waals surface area contributed by atoms with Crippen molar-refractivity contribution in [3.63, 3.8) is 0 Å². The number of hydrogen-bond donors (Lipinski definition) is 1. The van der Waals surface area contributed by atoms with Crippen LogP contribution in [0, 0.1) is 0 Å². The van der Waals surface area contributed by atoms with E-state index >= 15 is 0 Å². The minimum atomic E-state index is -0.192. The number of guanidine groups is 1. The summed E-state index contributed by atoms with van der Waals surface area (Å²) in [6.45, 7) is 8.89. The van der Waals surface area contributed by atoms with E-state index < -0.39 is 0 Å². The fraction of sp³-hybridized carbons (Fsp3) is 0.750. The van der Waals surface area contributed by atoms with Gasteiger partial charge in [-0.3, -0.25) is 0 Å². The van der Waals surface area contributed by atoms with Gasteiger partial charge in [-0.15, -0.1) is 0 Å². The Morgan fingerprint density at radius 2 is 2.00 bits per heavy atom. The van der Waals surface area contributed by atoms with Gasteiger partial charge in [0, 0.05) is 19.2 Å². The standard InChI is InChI=1S/C16H28N4O2/c1-16(2,3)21-12-14-10-13(19-22-14)11-18-15(17)20-8-6-4-5-7-9-20/h10H,4-9,11-12H2,1-3H3,(H2,17,18). The monoisotopic (exact) mass is 308 g/mol. The number of hydrogen-bond acceptors (Lipinski definition) is 4. The highest BCUT2D eigenvalue weighted by atomic mass is 16.5. The van der Waals surface area contributed by atoms with Gasteiger partial charge < -0.3 is 19.9 Å². The Bertz CT molecular complexity index is 483. The Kier molecular flexibility index (Phi) is 5.83. The molecule has 1 fully saturated rings. The van der Waals surface area contributed by atoms with Crippen molar-refractivity contribution in [2.45, 2.75) is 65.2 Å². The molecule has 0 aliphatic carbocycles. The van der Waals surface area contributed by atoms with Gasteiger partial charge in [-0.05, 0) is 33.6 Å². The second-order valence-electron chi connectivity index (χ2n) is 6.76. The summed E-state index contributed by atoms with van der Waals surface area (Å²) in [5, 5.41) is 4.02. The van der Waals surface area contributed by atoms with Crippen molar-refractivity contribution < 1.29 is 9.26 Å². The van der Waals surface area contributed by atoms with Crippen LogP contribution in [0.15, 0.2) is 15.6 Å². The van der Waals surface area contributed by atoms with Gasteiger partial charge in [0.05, 0.1) is 12.1 Å². The SMILES string of the molecule is CC(C)(C)OCc1cc(CN=C(N)N2CCCCCC2)no1. The number of nitrogens with zero attached hydrogens (tertiary/aromatic N) is 3. The summed E-state index contributed by atoms with van der Waals surface area (Å²) in [7, 11) is 0. The molecule has 1 saturated heterocycles. The molecular weight excluding hydrogens is 280 g/mol. The summed E-state index contributed by atoms with van der Waals surface area (Å²) in [5.41, 5.74) is 6.67. The average Bonchev–Trinajstić information content (AvgIpc) is 2.73. The van der Waals surface area contributed by atoms with E-state index in [0.717, 1.165) is 18.8 Å². The second-order valence-corrected chi connectivity index (χ2v) is 6.76. The third kappa shape index (κ3) is 5.67. The molecule has 1 aliphatic rings. The van der Waals surface area contributed by atoms with Gasteiger partial charge in [-0.25, -0.2) is 4.99 Å². The fourth-order valence-electron chi connectivity index (χ4n) is 2.35. The summed E-state index contributed by atoms with van der Waals surface area (Å²) in [6.07, 6.45) is 4.94. The minimum absolute atomic E-state index is 0.192. The van der Waals surface area contributed by atoms with Gasteiger partial charge in [0.25, 0.3) is 0 Å². The Balaban J connectivity index is 1.85. The largest absolute Gasteiger partial charge is 0.370 e. The molecule has 1 aromatic rings. The van der Waals surface area contributed by atoms with Crippen molar-refractivity contribution >= 4 is 5.96 Å². The van der Waals surface area contributed by atoms with E-state index in [2.05, 4.69) is 15.0 Å². The molecule has 1 aromatic heterocycles. The highest BCUT2D eigenvalue weighted by Gasteiger charge is 2.13. The maximum atomic E-state index is 6.08. The lowest BCUT2D eigenvalue weighted by molar-refractivity contribution is -0.0241. The van der Waals surface area contributed by atoms with E-state index in [9.17, 15) is 0 Å². The number of rotatable bonds is 4. The first-order chi connectivity index (χ1) is 10.4. The highest BCUT2D eigenvalue weighted by Crippen LogP contribution is 2.13. The van der Waals surface area contributed by atoms with Crippen LogP contribution in [0.2, 0.25) is 0 Å². The molecule has 0 saturated carbocycles. The lowest BCUT2D eigenvalue weighted by Crippen LogP contribution is -2.38. The van der Waals surface area contributed by atoms with Gasteiger partial charge in [-0.1, -0.05) is 18.0 Å². The summed E-state index contributed by atoms with van der Waals surface area (Å²) in [6, 6.07) is 1.88. The maximum absolute atomic E-state index is 6.08. The quantitative estimate of drug-likeness (QED) is 0.683. The summed E-state index contributed by atoms with van der Waals surface area (Å²) in [4.78, 5) is 6.60. The Morgan fingerprint density at radius 1 is 1.32 bits per heavy atom. The maximum Gasteiger partial charge on any atom is 0.191 e. The van der Waals surface area contributed by atoms with E-state index in [1.807, 2.05) is 26.8 Å². The van der Waals surface area contributed by atoms with Crippen molar-refractivity contribution in [3.05, 3.63) is 17.5 Å². The Hall–Kier alpha value is -1.56. The molecule has 6 heteroatoms. The van der Waals surface area contributed by atoms with Crippen molar-refractivity contribution in [2.24, 2.45) is 10.7 Å². The number of ether oxygens (including phenoxy) is 1. The molecule has 1 aliphatic heterocycles. The van der Waals surface area contributed by atoms with E-state index in [0.29, 0.717) is 24.9 Å². The number of aromatic nitrogens is 1. The Labute approximate surface area is 132 Å². The molecule has 2 N–H and O–H groups in total. The van der Waals surface area contributed by atoms with Crippen LogP contribution in [-0.2, 0) is 17.9 Å². The first-order valence-electron chi connectivity index (χ1n) is 8.07. The predicted molar refractivity (Wildman–Crippen MR) is 86.4 cm³/mol. The molecule has 0 atom stereocenters. The van der Waals surface area contributed by atoms with Crippen LogP contribution in [0.4, 0.5) is 0 Å². The highest BCUT2D eigenvalue weighted by molar-refractivity contribution is 5.78. The molecule has 0 bridgehead atoms. The molecule has 124 valence electrons. The molecule has 0 amide bonds. The normalized spacial score (nSPS) is 17.6. The molecule has 0 aromatic carbocycles. The third-order valence-electron chi connectivity index (χ3n) is 3.59. The number of likely N-dealkylation sites (tertiary alicyclic amines) is 1. The van der Waals surface area contributed by atoms with E-state index in [4.69, 9.17) is 15.0 Å². The molecule has 0 unspecified atom stereocenters. The average molecular weight is 308 g/mol. The smallest absolute Gasteiger partial charge is 0.191 e. The number of aliphatic imine (C=N–C) groups is 1. The van der Waals surface area contributed by atoms with Crippen molar-refractivity contribution in [3.8, 4) is 0 Å². The predicted octanol–water partition coefficient (Wildman–Crippen LogP) is 2.68. The first kappa shape index (κ1) is 16.8. The zero-order valence-corrected chi connectivity index (χ0v) is 14.0. The summed E-state index contributed by atoms with van der Waals surface area (Å²) >= 11 is 0. The van der Waals surface area contributed by atoms with Crippen LogP contribution >= 0.6 is 0 Å². The van der Waals surface area contributed by atoms with Crippen molar-refractivity contribution in [1.82, 2.24) is 10.1 Å². The topological polar surface area (TPSA) is 76.9 Å². The van der Waals surface area contributed by atoms with Crippen LogP contribution in [0.25, 0.3) is 0 Å². The molecule has 0 spiro atoms. The van der Waals surface area contributed by atoms with Crippen molar-refractivity contribution in [1.29, 1.82) is 0 Å². The summed E-state index contributed by atoms with van der Waals surface area (Å²) in [5.74, 6) is 1.32. The molecule has 22 heavy (non-hydrogen) atoms. The van der Waals surface area contributed by atoms with Crippen LogP contribution in [-0.4, -0.2) is 34.7 Å². The molecule has 6 nitrogen and oxygen atoms in total.